The molecular formula is C24H20N2O4S. The van der Waals surface area contributed by atoms with Crippen molar-refractivity contribution >= 4 is 28.2 Å². The summed E-state index contributed by atoms with van der Waals surface area (Å²) >= 11 is 1.44. The van der Waals surface area contributed by atoms with Gasteiger partial charge < -0.3 is 15.2 Å². The van der Waals surface area contributed by atoms with Gasteiger partial charge in [0, 0.05) is 4.88 Å². The fraction of sp³-hybridized carbons (Fsp3) is 0.208. The monoisotopic (exact) mass is 432 g/mol. The van der Waals surface area contributed by atoms with Crippen LogP contribution in [0.25, 0.3) is 11.1 Å². The molecule has 0 atom stereocenters. The molecule has 1 aliphatic carbocycles. The smallest absolute Gasteiger partial charge is 0.338 e. The average molecular weight is 433 g/mol. The Morgan fingerprint density at radius 3 is 2.35 bits per heavy atom. The van der Waals surface area contributed by atoms with Crippen LogP contribution in [-0.4, -0.2) is 23.6 Å². The zero-order valence-electron chi connectivity index (χ0n) is 16.7. The number of nitrogens with zero attached hydrogens (tertiary/aromatic N) is 1. The minimum Gasteiger partial charge on any atom is -0.508 e. The van der Waals surface area contributed by atoms with Gasteiger partial charge in [0.1, 0.15) is 16.8 Å². The molecule has 1 heterocycles. The van der Waals surface area contributed by atoms with Gasteiger partial charge in [-0.2, -0.15) is 5.26 Å². The molecule has 0 radical (unpaired) electrons. The average Bonchev–Trinajstić information content (AvgIpc) is 3.15. The summed E-state index contributed by atoms with van der Waals surface area (Å²) in [5, 5.41) is 22.1. The Hall–Kier alpha value is -3.63. The molecule has 1 aromatic heterocycles. The van der Waals surface area contributed by atoms with Gasteiger partial charge in [-0.05, 0) is 66.6 Å². The summed E-state index contributed by atoms with van der Waals surface area (Å²) < 4.78 is 5.14. The van der Waals surface area contributed by atoms with E-state index in [0.29, 0.717) is 16.1 Å². The molecule has 1 aliphatic rings. The first kappa shape index (κ1) is 20.6. The van der Waals surface area contributed by atoms with Gasteiger partial charge >= 0.3 is 5.97 Å². The number of carbonyl (C=O) groups excluding carboxylic acids is 2. The first-order chi connectivity index (χ1) is 15.0. The van der Waals surface area contributed by atoms with E-state index in [9.17, 15) is 20.0 Å². The number of nitrogens with one attached hydrogen (secondary N) is 1. The van der Waals surface area contributed by atoms with E-state index in [4.69, 9.17) is 4.74 Å². The van der Waals surface area contributed by atoms with E-state index in [-0.39, 0.29) is 5.75 Å². The van der Waals surface area contributed by atoms with E-state index in [1.165, 1.54) is 11.3 Å². The summed E-state index contributed by atoms with van der Waals surface area (Å²) in [6.45, 7) is -0.425. The van der Waals surface area contributed by atoms with Crippen LogP contribution in [0.15, 0.2) is 48.5 Å². The molecular weight excluding hydrogens is 412 g/mol. The molecule has 3 aromatic rings. The number of phenolic OH excluding ortho intramolecular Hbond substituents is 1. The van der Waals surface area contributed by atoms with Crippen LogP contribution in [0.3, 0.4) is 0 Å². The summed E-state index contributed by atoms with van der Waals surface area (Å²) in [7, 11) is 0. The molecule has 0 unspecified atom stereocenters. The van der Waals surface area contributed by atoms with Crippen LogP contribution in [0.1, 0.15) is 39.2 Å². The lowest BCUT2D eigenvalue weighted by Gasteiger charge is -2.09. The van der Waals surface area contributed by atoms with Crippen molar-refractivity contribution in [3.8, 4) is 22.9 Å². The topological polar surface area (TPSA) is 99.4 Å². The number of aryl methyl sites for hydroxylation is 1. The van der Waals surface area contributed by atoms with Crippen molar-refractivity contribution in [2.75, 3.05) is 11.9 Å². The molecule has 0 spiro atoms. The van der Waals surface area contributed by atoms with Gasteiger partial charge in [-0.1, -0.05) is 24.3 Å². The lowest BCUT2D eigenvalue weighted by atomic mass is 9.96. The fourth-order valence-electron chi connectivity index (χ4n) is 3.60. The Morgan fingerprint density at radius 2 is 1.68 bits per heavy atom. The maximum absolute atomic E-state index is 12.3. The summed E-state index contributed by atoms with van der Waals surface area (Å²) in [6, 6.07) is 15.8. The van der Waals surface area contributed by atoms with Crippen molar-refractivity contribution in [3.63, 3.8) is 0 Å². The molecule has 1 amide bonds. The largest absolute Gasteiger partial charge is 0.508 e. The van der Waals surface area contributed by atoms with Crippen molar-refractivity contribution in [2.24, 2.45) is 0 Å². The molecule has 4 rings (SSSR count). The van der Waals surface area contributed by atoms with Crippen LogP contribution in [0.4, 0.5) is 5.00 Å². The number of benzene rings is 2. The minimum absolute atomic E-state index is 0.187. The van der Waals surface area contributed by atoms with Crippen molar-refractivity contribution in [1.82, 2.24) is 0 Å². The van der Waals surface area contributed by atoms with Crippen LogP contribution in [-0.2, 0) is 22.4 Å². The molecule has 2 N–H and O–H groups in total. The second-order valence-corrected chi connectivity index (χ2v) is 8.38. The normalized spacial score (nSPS) is 12.5. The minimum atomic E-state index is -0.599. The maximum atomic E-state index is 12.3. The van der Waals surface area contributed by atoms with E-state index in [1.807, 2.05) is 0 Å². The summed E-state index contributed by atoms with van der Waals surface area (Å²) in [6.07, 6.45) is 3.93. The van der Waals surface area contributed by atoms with E-state index in [0.717, 1.165) is 47.3 Å². The number of thiophene rings is 1. The van der Waals surface area contributed by atoms with E-state index < -0.39 is 18.5 Å². The predicted molar refractivity (Wildman–Crippen MR) is 118 cm³/mol. The number of carbonyl (C=O) groups is 2. The number of hydrogen-bond acceptors (Lipinski definition) is 6. The first-order valence-corrected chi connectivity index (χ1v) is 10.8. The molecule has 0 fully saturated rings. The molecule has 0 saturated heterocycles. The molecule has 0 bridgehead atoms. The molecule has 2 aromatic carbocycles. The van der Waals surface area contributed by atoms with Crippen LogP contribution in [0, 0.1) is 11.3 Å². The van der Waals surface area contributed by atoms with Crippen LogP contribution in [0.5, 0.6) is 5.75 Å². The number of esters is 1. The zero-order valence-corrected chi connectivity index (χ0v) is 17.5. The van der Waals surface area contributed by atoms with Gasteiger partial charge in [0.15, 0.2) is 6.61 Å². The van der Waals surface area contributed by atoms with Crippen molar-refractivity contribution in [3.05, 3.63) is 70.1 Å². The molecule has 0 aliphatic heterocycles. The van der Waals surface area contributed by atoms with Gasteiger partial charge in [0.25, 0.3) is 5.91 Å². The second kappa shape index (κ2) is 9.02. The second-order valence-electron chi connectivity index (χ2n) is 7.28. The van der Waals surface area contributed by atoms with Crippen LogP contribution >= 0.6 is 11.3 Å². The third kappa shape index (κ3) is 4.60. The van der Waals surface area contributed by atoms with E-state index >= 15 is 0 Å². The Balaban J connectivity index is 1.35. The molecule has 156 valence electrons. The van der Waals surface area contributed by atoms with Crippen LogP contribution in [0.2, 0.25) is 0 Å². The fourth-order valence-corrected chi connectivity index (χ4v) is 4.86. The molecule has 0 saturated carbocycles. The van der Waals surface area contributed by atoms with Gasteiger partial charge in [-0.15, -0.1) is 11.3 Å². The molecule has 7 heteroatoms. The standard InChI is InChI=1S/C24H20N2O4S/c25-13-20-19-3-1-2-4-21(19)31-23(20)26-22(28)14-30-24(29)17-7-5-15(6-8-17)16-9-11-18(27)12-10-16/h5-12,27H,1-4,14H2,(H,26,28). The van der Waals surface area contributed by atoms with E-state index in [1.54, 1.807) is 48.5 Å². The van der Waals surface area contributed by atoms with Gasteiger partial charge in [-0.3, -0.25) is 4.79 Å². The summed E-state index contributed by atoms with van der Waals surface area (Å²) in [5.74, 6) is -0.880. The van der Waals surface area contributed by atoms with Crippen molar-refractivity contribution in [2.45, 2.75) is 25.7 Å². The number of nitriles is 1. The molecule has 6 nitrogen and oxygen atoms in total. The number of anilines is 1. The number of aromatic hydroxyl groups is 1. The Morgan fingerprint density at radius 1 is 1.03 bits per heavy atom. The van der Waals surface area contributed by atoms with E-state index in [2.05, 4.69) is 11.4 Å². The number of rotatable bonds is 5. The highest BCUT2D eigenvalue weighted by molar-refractivity contribution is 7.16. The zero-order chi connectivity index (χ0) is 21.8. The van der Waals surface area contributed by atoms with Crippen molar-refractivity contribution in [1.29, 1.82) is 5.26 Å². The SMILES string of the molecule is N#Cc1c(NC(=O)COC(=O)c2ccc(-c3ccc(O)cc3)cc2)sc2c1CCCC2. The van der Waals surface area contributed by atoms with Gasteiger partial charge in [-0.25, -0.2) is 4.79 Å². The lowest BCUT2D eigenvalue weighted by molar-refractivity contribution is -0.119. The quantitative estimate of drug-likeness (QED) is 0.571. The van der Waals surface area contributed by atoms with Gasteiger partial charge in [0.05, 0.1) is 11.1 Å². The number of ether oxygens (including phenoxy) is 1. The third-order valence-electron chi connectivity index (χ3n) is 5.19. The Labute approximate surface area is 183 Å². The highest BCUT2D eigenvalue weighted by atomic mass is 32.1. The highest BCUT2D eigenvalue weighted by Gasteiger charge is 2.22. The van der Waals surface area contributed by atoms with Crippen LogP contribution < -0.4 is 5.32 Å². The third-order valence-corrected chi connectivity index (χ3v) is 6.40. The maximum Gasteiger partial charge on any atom is 0.338 e. The number of hydrogen-bond donors (Lipinski definition) is 2. The Kier molecular flexibility index (Phi) is 6.01. The van der Waals surface area contributed by atoms with Gasteiger partial charge in [0.2, 0.25) is 0 Å². The summed E-state index contributed by atoms with van der Waals surface area (Å²) in [4.78, 5) is 25.7. The molecule has 31 heavy (non-hydrogen) atoms. The predicted octanol–water partition coefficient (Wildman–Crippen LogP) is 4.67. The highest BCUT2D eigenvalue weighted by Crippen LogP contribution is 2.37. The number of fused-ring (bicyclic) bond motifs is 1. The first-order valence-electron chi connectivity index (χ1n) is 9.96. The lowest BCUT2D eigenvalue weighted by Crippen LogP contribution is -2.20. The number of phenols is 1. The Bertz CT molecular complexity index is 1160. The summed E-state index contributed by atoms with van der Waals surface area (Å²) in [5.41, 5.74) is 3.70. The number of amides is 1. The van der Waals surface area contributed by atoms with Crippen molar-refractivity contribution < 1.29 is 19.4 Å².